The van der Waals surface area contributed by atoms with Crippen LogP contribution in [0.25, 0.3) is 11.5 Å². The Morgan fingerprint density at radius 3 is 2.59 bits per heavy atom. The minimum absolute atomic E-state index is 0.0841. The van der Waals surface area contributed by atoms with Crippen LogP contribution in [0.5, 0.6) is 0 Å². The van der Waals surface area contributed by atoms with Gasteiger partial charge >= 0.3 is 15.5 Å². The standard InChI is InChI=1S/C21H27F3N2O5S/c1-14-5-3-6-16(11-14)20-26-19(15(2)31-20)13-30-18-8-4-7-17(12-18)29-10-9-25-32(27,28)21(22,23)24/h3,5-6,11,17-18,25H,4,7-10,12-13H2,1-2H3. The second kappa shape index (κ2) is 10.3. The van der Waals surface area contributed by atoms with E-state index in [-0.39, 0.29) is 25.4 Å². The molecule has 0 spiro atoms. The molecule has 7 nitrogen and oxygen atoms in total. The van der Waals surface area contributed by atoms with Crippen LogP contribution in [-0.2, 0) is 26.1 Å². The van der Waals surface area contributed by atoms with Gasteiger partial charge in [0.25, 0.3) is 0 Å². The van der Waals surface area contributed by atoms with Gasteiger partial charge in [0.2, 0.25) is 5.89 Å². The first kappa shape index (κ1) is 24.7. The Labute approximate surface area is 185 Å². The lowest BCUT2D eigenvalue weighted by atomic mass is 9.95. The molecule has 3 rings (SSSR count). The third kappa shape index (κ3) is 6.53. The van der Waals surface area contributed by atoms with Crippen molar-refractivity contribution < 1.29 is 35.5 Å². The van der Waals surface area contributed by atoms with Crippen LogP contribution in [0.15, 0.2) is 28.7 Å². The van der Waals surface area contributed by atoms with E-state index in [1.807, 2.05) is 38.1 Å². The number of hydrogen-bond donors (Lipinski definition) is 1. The highest BCUT2D eigenvalue weighted by Crippen LogP contribution is 2.27. The topological polar surface area (TPSA) is 90.7 Å². The molecular weight excluding hydrogens is 449 g/mol. The molecule has 0 amide bonds. The number of alkyl halides is 3. The summed E-state index contributed by atoms with van der Waals surface area (Å²) in [4.78, 5) is 4.55. The van der Waals surface area contributed by atoms with Gasteiger partial charge in [-0.2, -0.15) is 13.2 Å². The molecule has 2 aromatic rings. The smallest absolute Gasteiger partial charge is 0.441 e. The van der Waals surface area contributed by atoms with Crippen LogP contribution in [-0.4, -0.2) is 44.3 Å². The average Bonchev–Trinajstić information content (AvgIpc) is 3.10. The second-order valence-electron chi connectivity index (χ2n) is 7.83. The number of sulfonamides is 1. The fourth-order valence-corrected chi connectivity index (χ4v) is 4.06. The van der Waals surface area contributed by atoms with Crippen LogP contribution in [0.4, 0.5) is 13.2 Å². The predicted octanol–water partition coefficient (Wildman–Crippen LogP) is 4.24. The fraction of sp³-hybridized carbons (Fsp3) is 0.571. The number of oxazole rings is 1. The van der Waals surface area contributed by atoms with Crippen molar-refractivity contribution in [2.45, 2.75) is 63.9 Å². The van der Waals surface area contributed by atoms with Gasteiger partial charge in [0, 0.05) is 12.1 Å². The Morgan fingerprint density at radius 1 is 1.19 bits per heavy atom. The van der Waals surface area contributed by atoms with E-state index in [1.54, 1.807) is 0 Å². The van der Waals surface area contributed by atoms with Gasteiger partial charge < -0.3 is 13.9 Å². The van der Waals surface area contributed by atoms with Gasteiger partial charge in [-0.05, 0) is 51.7 Å². The van der Waals surface area contributed by atoms with Crippen molar-refractivity contribution in [2.75, 3.05) is 13.2 Å². The van der Waals surface area contributed by atoms with Crippen LogP contribution >= 0.6 is 0 Å². The van der Waals surface area contributed by atoms with E-state index in [1.165, 1.54) is 4.72 Å². The number of nitrogens with one attached hydrogen (secondary N) is 1. The molecular formula is C21H27F3N2O5S. The Bertz CT molecular complexity index is 1010. The highest BCUT2D eigenvalue weighted by Gasteiger charge is 2.45. The molecule has 32 heavy (non-hydrogen) atoms. The molecule has 1 N–H and O–H groups in total. The largest absolute Gasteiger partial charge is 0.511 e. The molecule has 0 saturated heterocycles. The van der Waals surface area contributed by atoms with Gasteiger partial charge in [0.05, 0.1) is 25.4 Å². The minimum Gasteiger partial charge on any atom is -0.441 e. The van der Waals surface area contributed by atoms with Crippen molar-refractivity contribution in [3.05, 3.63) is 41.3 Å². The van der Waals surface area contributed by atoms with Crippen LogP contribution in [0.2, 0.25) is 0 Å². The van der Waals surface area contributed by atoms with Crippen LogP contribution in [0.3, 0.4) is 0 Å². The maximum atomic E-state index is 12.3. The highest BCUT2D eigenvalue weighted by molar-refractivity contribution is 7.90. The molecule has 1 aliphatic carbocycles. The maximum absolute atomic E-state index is 12.3. The predicted molar refractivity (Wildman–Crippen MR) is 111 cm³/mol. The summed E-state index contributed by atoms with van der Waals surface area (Å²) in [5.74, 6) is 1.22. The molecule has 1 fully saturated rings. The van der Waals surface area contributed by atoms with Crippen LogP contribution in [0.1, 0.15) is 42.7 Å². The first-order valence-corrected chi connectivity index (χ1v) is 11.9. The Kier molecular flexibility index (Phi) is 7.97. The number of nitrogens with zero attached hydrogens (tertiary/aromatic N) is 1. The van der Waals surface area contributed by atoms with Crippen molar-refractivity contribution in [2.24, 2.45) is 0 Å². The van der Waals surface area contributed by atoms with E-state index < -0.39 is 22.1 Å². The van der Waals surface area contributed by atoms with E-state index in [2.05, 4.69) is 4.98 Å². The molecule has 0 aliphatic heterocycles. The molecule has 1 saturated carbocycles. The number of aromatic nitrogens is 1. The molecule has 0 radical (unpaired) electrons. The number of hydrogen-bond acceptors (Lipinski definition) is 6. The number of halogens is 3. The summed E-state index contributed by atoms with van der Waals surface area (Å²) in [6, 6.07) is 7.86. The summed E-state index contributed by atoms with van der Waals surface area (Å²) >= 11 is 0. The summed E-state index contributed by atoms with van der Waals surface area (Å²) in [7, 11) is -5.35. The molecule has 1 aliphatic rings. The van der Waals surface area contributed by atoms with E-state index in [4.69, 9.17) is 13.9 Å². The van der Waals surface area contributed by atoms with Crippen molar-refractivity contribution in [1.82, 2.24) is 9.71 Å². The molecule has 1 aromatic heterocycles. The Hall–Kier alpha value is -1.95. The quantitative estimate of drug-likeness (QED) is 0.545. The monoisotopic (exact) mass is 476 g/mol. The lowest BCUT2D eigenvalue weighted by Crippen LogP contribution is -2.39. The fourth-order valence-electron chi connectivity index (χ4n) is 3.55. The SMILES string of the molecule is Cc1cccc(-c2nc(COC3CCCC(OCCNS(=O)(=O)C(F)(F)F)C3)c(C)o2)c1. The molecule has 11 heteroatoms. The zero-order chi connectivity index (χ0) is 23.4. The van der Waals surface area contributed by atoms with Crippen molar-refractivity contribution >= 4 is 10.0 Å². The van der Waals surface area contributed by atoms with Gasteiger partial charge in [-0.3, -0.25) is 0 Å². The molecule has 178 valence electrons. The van der Waals surface area contributed by atoms with Gasteiger partial charge in [-0.25, -0.2) is 18.1 Å². The van der Waals surface area contributed by atoms with Gasteiger partial charge in [0.1, 0.15) is 11.5 Å². The zero-order valence-electron chi connectivity index (χ0n) is 17.9. The highest BCUT2D eigenvalue weighted by atomic mass is 32.2. The average molecular weight is 477 g/mol. The molecule has 2 atom stereocenters. The van der Waals surface area contributed by atoms with Gasteiger partial charge in [-0.1, -0.05) is 17.7 Å². The van der Waals surface area contributed by atoms with Crippen LogP contribution in [0, 0.1) is 13.8 Å². The molecule has 2 unspecified atom stereocenters. The lowest BCUT2D eigenvalue weighted by molar-refractivity contribution is -0.0513. The van der Waals surface area contributed by atoms with E-state index in [9.17, 15) is 21.6 Å². The number of aryl methyl sites for hydroxylation is 2. The summed E-state index contributed by atoms with van der Waals surface area (Å²) < 4.78 is 77.8. The van der Waals surface area contributed by atoms with Gasteiger partial charge in [0.15, 0.2) is 0 Å². The summed E-state index contributed by atoms with van der Waals surface area (Å²) in [6.45, 7) is 3.53. The van der Waals surface area contributed by atoms with E-state index in [0.717, 1.165) is 30.4 Å². The van der Waals surface area contributed by atoms with Crippen LogP contribution < -0.4 is 4.72 Å². The van der Waals surface area contributed by atoms with Crippen molar-refractivity contribution in [3.8, 4) is 11.5 Å². The first-order valence-electron chi connectivity index (χ1n) is 10.4. The second-order valence-corrected chi connectivity index (χ2v) is 9.59. The van der Waals surface area contributed by atoms with Crippen molar-refractivity contribution in [1.29, 1.82) is 0 Å². The zero-order valence-corrected chi connectivity index (χ0v) is 18.8. The Morgan fingerprint density at radius 2 is 1.91 bits per heavy atom. The summed E-state index contributed by atoms with van der Waals surface area (Å²) in [6.07, 6.45) is 2.71. The maximum Gasteiger partial charge on any atom is 0.511 e. The molecule has 0 bridgehead atoms. The first-order chi connectivity index (χ1) is 15.0. The number of rotatable bonds is 9. The lowest BCUT2D eigenvalue weighted by Gasteiger charge is -2.29. The third-order valence-electron chi connectivity index (χ3n) is 5.24. The minimum atomic E-state index is -5.35. The molecule has 1 aromatic carbocycles. The molecule has 1 heterocycles. The number of benzene rings is 1. The van der Waals surface area contributed by atoms with Crippen molar-refractivity contribution in [3.63, 3.8) is 0 Å². The third-order valence-corrected chi connectivity index (χ3v) is 6.44. The number of ether oxygens (including phenoxy) is 2. The van der Waals surface area contributed by atoms with Gasteiger partial charge in [-0.15, -0.1) is 0 Å². The Balaban J connectivity index is 1.46. The van der Waals surface area contributed by atoms with E-state index in [0.29, 0.717) is 23.8 Å². The van der Waals surface area contributed by atoms with E-state index >= 15 is 0 Å². The summed E-state index contributed by atoms with van der Waals surface area (Å²) in [5, 5.41) is 0. The summed E-state index contributed by atoms with van der Waals surface area (Å²) in [5.41, 5.74) is -2.61. The normalized spacial score (nSPS) is 19.9.